The van der Waals surface area contributed by atoms with Crippen LogP contribution in [0.4, 0.5) is 37.7 Å². The van der Waals surface area contributed by atoms with Crippen LogP contribution >= 0.6 is 0 Å². The molecule has 0 heterocycles. The molecular weight excluding hydrogens is 842 g/mol. The second-order valence-corrected chi connectivity index (χ2v) is 13.6. The molecule has 320 valence electrons. The number of nitro benzene ring substituents is 2. The monoisotopic (exact) mass is 870 g/mol. The molecule has 0 aliphatic rings. The van der Waals surface area contributed by atoms with Crippen molar-refractivity contribution in [3.8, 4) is 0 Å². The van der Waals surface area contributed by atoms with Crippen molar-refractivity contribution in [2.24, 2.45) is 0 Å². The maximum Gasteiger partial charge on any atom is 0.411 e. The fraction of sp³-hybridized carbons (Fsp3) is 0.111. The van der Waals surface area contributed by atoms with Gasteiger partial charge in [-0.2, -0.15) is 26.3 Å². The Bertz CT molecular complexity index is 2470. The Morgan fingerprint density at radius 2 is 0.730 bits per heavy atom. The number of esters is 2. The van der Waals surface area contributed by atoms with E-state index in [1.165, 1.54) is 48.5 Å². The van der Waals surface area contributed by atoms with Gasteiger partial charge in [0.25, 0.3) is 11.4 Å². The maximum absolute atomic E-state index is 15.1. The van der Waals surface area contributed by atoms with Gasteiger partial charge in [-0.3, -0.25) is 29.8 Å². The number of hydrogen-bond donors (Lipinski definition) is 0. The van der Waals surface area contributed by atoms with Gasteiger partial charge >= 0.3 is 24.3 Å². The zero-order valence-corrected chi connectivity index (χ0v) is 31.9. The number of ether oxygens (including phenoxy) is 2. The van der Waals surface area contributed by atoms with Crippen LogP contribution < -0.4 is 0 Å². The summed E-state index contributed by atoms with van der Waals surface area (Å²) in [4.78, 5) is 74.6. The molecule has 0 unspecified atom stereocenters. The summed E-state index contributed by atoms with van der Waals surface area (Å²) in [6.45, 7) is 0. The fourth-order valence-electron chi connectivity index (χ4n) is 6.64. The first-order chi connectivity index (χ1) is 29.8. The van der Waals surface area contributed by atoms with Gasteiger partial charge in [-0.05, 0) is 59.7 Å². The molecule has 0 fully saturated rings. The summed E-state index contributed by atoms with van der Waals surface area (Å²) < 4.78 is 101. The number of ketones is 2. The predicted molar refractivity (Wildman–Crippen MR) is 210 cm³/mol. The van der Waals surface area contributed by atoms with Gasteiger partial charge in [0.2, 0.25) is 17.0 Å². The van der Waals surface area contributed by atoms with Gasteiger partial charge in [0, 0.05) is 46.5 Å². The molecule has 6 aromatic carbocycles. The first kappa shape index (κ1) is 44.5. The zero-order valence-electron chi connectivity index (χ0n) is 31.9. The molecule has 0 aromatic heterocycles. The average Bonchev–Trinajstić information content (AvgIpc) is 3.27. The second-order valence-electron chi connectivity index (χ2n) is 13.6. The van der Waals surface area contributed by atoms with E-state index in [0.29, 0.717) is 48.5 Å². The van der Waals surface area contributed by atoms with Gasteiger partial charge in [0.05, 0.1) is 21.0 Å². The molecule has 0 bridgehead atoms. The van der Waals surface area contributed by atoms with Crippen LogP contribution in [0.15, 0.2) is 158 Å². The lowest BCUT2D eigenvalue weighted by Gasteiger charge is -2.38. The van der Waals surface area contributed by atoms with Crippen molar-refractivity contribution in [2.45, 2.75) is 30.0 Å². The van der Waals surface area contributed by atoms with E-state index < -0.39 is 85.6 Å². The Balaban J connectivity index is 1.31. The van der Waals surface area contributed by atoms with Crippen LogP contribution in [0.1, 0.15) is 75.9 Å². The summed E-state index contributed by atoms with van der Waals surface area (Å²) in [6.07, 6.45) is -15.7. The first-order valence-corrected chi connectivity index (χ1v) is 18.3. The van der Waals surface area contributed by atoms with Crippen molar-refractivity contribution in [1.29, 1.82) is 0 Å². The van der Waals surface area contributed by atoms with Crippen molar-refractivity contribution >= 4 is 34.9 Å². The number of alkyl halides is 6. The third-order valence-electron chi connectivity index (χ3n) is 9.81. The number of hydrogen-bond acceptors (Lipinski definition) is 10. The molecule has 0 amide bonds. The Kier molecular flexibility index (Phi) is 12.7. The van der Waals surface area contributed by atoms with Crippen molar-refractivity contribution in [3.05, 3.63) is 222 Å². The minimum Gasteiger partial charge on any atom is -0.445 e. The third-order valence-corrected chi connectivity index (χ3v) is 9.81. The molecule has 63 heavy (non-hydrogen) atoms. The number of Topliss-reactive ketones (excluding diaryl/α,β-unsaturated/α-hetero) is 2. The van der Waals surface area contributed by atoms with Crippen LogP contribution in [0, 0.1) is 20.2 Å². The van der Waals surface area contributed by atoms with Gasteiger partial charge in [-0.1, -0.05) is 84.9 Å². The Labute approximate surface area is 351 Å². The highest BCUT2D eigenvalue weighted by Crippen LogP contribution is 2.56. The summed E-state index contributed by atoms with van der Waals surface area (Å²) in [5.74, 6) is -4.25. The van der Waals surface area contributed by atoms with Crippen LogP contribution in [0.5, 0.6) is 0 Å². The van der Waals surface area contributed by atoms with Crippen molar-refractivity contribution in [1.82, 2.24) is 0 Å². The molecule has 6 aromatic rings. The highest BCUT2D eigenvalue weighted by atomic mass is 19.4. The molecule has 0 aliphatic carbocycles. The van der Waals surface area contributed by atoms with E-state index >= 15 is 26.3 Å². The van der Waals surface area contributed by atoms with Crippen molar-refractivity contribution in [3.63, 3.8) is 0 Å². The number of carbonyl (C=O) groups excluding carboxylic acids is 4. The van der Waals surface area contributed by atoms with Gasteiger partial charge in [0.1, 0.15) is 0 Å². The van der Waals surface area contributed by atoms with Gasteiger partial charge in [0.15, 0.2) is 12.2 Å². The minimum atomic E-state index is -6.10. The average molecular weight is 871 g/mol. The number of carbonyl (C=O) groups is 4. The van der Waals surface area contributed by atoms with Crippen LogP contribution in [-0.2, 0) is 14.9 Å². The quantitative estimate of drug-likeness (QED) is 0.0337. The minimum absolute atomic E-state index is 0.0235. The molecule has 0 saturated heterocycles. The topological polar surface area (TPSA) is 173 Å². The summed E-state index contributed by atoms with van der Waals surface area (Å²) in [6, 6.07) is 27.7. The van der Waals surface area contributed by atoms with E-state index in [1.807, 2.05) is 0 Å². The molecular formula is C45H28F6N2O10. The number of benzene rings is 6. The number of halogens is 6. The van der Waals surface area contributed by atoms with Crippen LogP contribution in [0.3, 0.4) is 0 Å². The van der Waals surface area contributed by atoms with E-state index in [0.717, 1.165) is 48.5 Å². The summed E-state index contributed by atoms with van der Waals surface area (Å²) in [5.41, 5.74) is -9.33. The molecule has 0 N–H and O–H groups in total. The van der Waals surface area contributed by atoms with E-state index in [1.54, 1.807) is 12.1 Å². The van der Waals surface area contributed by atoms with Crippen molar-refractivity contribution < 1.29 is 64.8 Å². The first-order valence-electron chi connectivity index (χ1n) is 18.3. The number of nitrogens with zero attached hydrogens (tertiary/aromatic N) is 2. The van der Waals surface area contributed by atoms with E-state index in [9.17, 15) is 39.4 Å². The molecule has 0 saturated carbocycles. The largest absolute Gasteiger partial charge is 0.445 e. The molecule has 0 aliphatic heterocycles. The van der Waals surface area contributed by atoms with E-state index in [-0.39, 0.29) is 33.6 Å². The lowest BCUT2D eigenvalue weighted by molar-refractivity contribution is -0.385. The fourth-order valence-corrected chi connectivity index (χ4v) is 6.64. The van der Waals surface area contributed by atoms with E-state index in [2.05, 4.69) is 0 Å². The second kappa shape index (κ2) is 17.9. The summed E-state index contributed by atoms with van der Waals surface area (Å²) in [5, 5.41) is 22.4. The molecule has 0 spiro atoms. The SMILES string of the molecule is O=C(O[C@H](C(=O)c1ccccc1)c1ccc([N+](=O)[O-])cc1)c1ccc(C(c2ccc(C(=O)O[C@@H](C(=O)c3ccccc3)c3ccc([N+](=O)[O-])cc3)cc2)(C(F)(F)F)C(F)(F)F)cc1. The summed E-state index contributed by atoms with van der Waals surface area (Å²) >= 11 is 0. The number of non-ortho nitro benzene ring substituents is 2. The Morgan fingerprint density at radius 3 is 1.00 bits per heavy atom. The zero-order chi connectivity index (χ0) is 45.7. The lowest BCUT2D eigenvalue weighted by Crippen LogP contribution is -2.54. The highest BCUT2D eigenvalue weighted by Gasteiger charge is 2.72. The summed E-state index contributed by atoms with van der Waals surface area (Å²) in [7, 11) is 0. The van der Waals surface area contributed by atoms with E-state index in [4.69, 9.17) is 9.47 Å². The van der Waals surface area contributed by atoms with Gasteiger partial charge < -0.3 is 9.47 Å². The van der Waals surface area contributed by atoms with Crippen LogP contribution in [0.25, 0.3) is 0 Å². The molecule has 18 heteroatoms. The third kappa shape index (κ3) is 9.19. The highest BCUT2D eigenvalue weighted by molar-refractivity contribution is 6.03. The lowest BCUT2D eigenvalue weighted by atomic mass is 9.72. The maximum atomic E-state index is 15.1. The normalized spacial score (nSPS) is 12.7. The smallest absolute Gasteiger partial charge is 0.411 e. The standard InChI is InChI=1S/C45H28F6N2O10/c46-44(47,48)43(45(49,50)51,33-19-11-31(12-20-33)41(56)62-39(37(54)27-7-3-1-4-8-27)29-15-23-35(24-16-29)52(58)59)34-21-13-32(14-22-34)42(57)63-40(38(55)28-9-5-2-6-10-28)30-17-25-36(26-18-30)53(60)61/h1-26,39-40H/t39-,40+. The van der Waals surface area contributed by atoms with Crippen LogP contribution in [-0.4, -0.2) is 45.7 Å². The Morgan fingerprint density at radius 1 is 0.429 bits per heavy atom. The predicted octanol–water partition coefficient (Wildman–Crippen LogP) is 10.5. The van der Waals surface area contributed by atoms with Crippen molar-refractivity contribution in [2.75, 3.05) is 0 Å². The molecule has 12 nitrogen and oxygen atoms in total. The molecule has 2 atom stereocenters. The molecule has 0 radical (unpaired) electrons. The Hall–Kier alpha value is -8.02. The molecule has 6 rings (SSSR count). The van der Waals surface area contributed by atoms with Gasteiger partial charge in [-0.15, -0.1) is 0 Å². The van der Waals surface area contributed by atoms with Crippen LogP contribution in [0.2, 0.25) is 0 Å². The van der Waals surface area contributed by atoms with Gasteiger partial charge in [-0.25, -0.2) is 9.59 Å². The number of rotatable bonds is 14. The number of nitro groups is 2.